The van der Waals surface area contributed by atoms with Gasteiger partial charge in [0.2, 0.25) is 0 Å². The van der Waals surface area contributed by atoms with E-state index in [4.69, 9.17) is 14.7 Å². The average Bonchev–Trinajstić information content (AvgIpc) is 2.52. The number of methoxy groups -OCH3 is 1. The third kappa shape index (κ3) is 3.45. The Balaban J connectivity index is 2.15. The number of nitro groups is 1. The Kier molecular flexibility index (Phi) is 4.31. The average molecular weight is 285 g/mol. The number of hydrogen-bond donors (Lipinski definition) is 0. The first-order valence-corrected chi connectivity index (χ1v) is 5.94. The van der Waals surface area contributed by atoms with Gasteiger partial charge < -0.3 is 9.47 Å². The second-order valence-corrected chi connectivity index (χ2v) is 4.04. The van der Waals surface area contributed by atoms with Crippen molar-refractivity contribution in [2.45, 2.75) is 6.61 Å². The zero-order valence-corrected chi connectivity index (χ0v) is 11.1. The SMILES string of the molecule is COc1ccc(OCc2ccnc(C#N)c2)cc1[N+](=O)[O-]. The molecule has 1 aromatic carbocycles. The van der Waals surface area contributed by atoms with Crippen LogP contribution in [0.4, 0.5) is 5.69 Å². The Morgan fingerprint density at radius 2 is 2.19 bits per heavy atom. The number of ether oxygens (including phenoxy) is 2. The monoisotopic (exact) mass is 285 g/mol. The van der Waals surface area contributed by atoms with Gasteiger partial charge in [0.25, 0.3) is 0 Å². The normalized spacial score (nSPS) is 9.71. The molecular weight excluding hydrogens is 274 g/mol. The number of hydrogen-bond acceptors (Lipinski definition) is 6. The summed E-state index contributed by atoms with van der Waals surface area (Å²) in [6.07, 6.45) is 1.51. The first-order valence-electron chi connectivity index (χ1n) is 5.94. The molecule has 0 bridgehead atoms. The molecule has 106 valence electrons. The molecule has 0 radical (unpaired) electrons. The molecule has 0 saturated heterocycles. The molecule has 0 fully saturated rings. The zero-order valence-electron chi connectivity index (χ0n) is 11.1. The van der Waals surface area contributed by atoms with Gasteiger partial charge in [-0.05, 0) is 29.8 Å². The van der Waals surface area contributed by atoms with Crippen LogP contribution in [-0.2, 0) is 6.61 Å². The van der Waals surface area contributed by atoms with E-state index < -0.39 is 4.92 Å². The molecule has 0 N–H and O–H groups in total. The van der Waals surface area contributed by atoms with Crippen molar-refractivity contribution in [1.82, 2.24) is 4.98 Å². The van der Waals surface area contributed by atoms with Crippen LogP contribution in [0.15, 0.2) is 36.5 Å². The van der Waals surface area contributed by atoms with Crippen molar-refractivity contribution in [1.29, 1.82) is 5.26 Å². The van der Waals surface area contributed by atoms with Crippen molar-refractivity contribution in [2.75, 3.05) is 7.11 Å². The Morgan fingerprint density at radius 1 is 1.38 bits per heavy atom. The molecule has 0 saturated carbocycles. The van der Waals surface area contributed by atoms with Gasteiger partial charge in [-0.15, -0.1) is 0 Å². The number of pyridine rings is 1. The topological polar surface area (TPSA) is 98.3 Å². The molecule has 0 aliphatic heterocycles. The molecule has 7 heteroatoms. The highest BCUT2D eigenvalue weighted by atomic mass is 16.6. The lowest BCUT2D eigenvalue weighted by Crippen LogP contribution is -1.99. The first kappa shape index (κ1) is 14.3. The molecule has 0 unspecified atom stereocenters. The van der Waals surface area contributed by atoms with Gasteiger partial charge in [-0.1, -0.05) is 0 Å². The molecule has 0 atom stereocenters. The number of nitriles is 1. The second kappa shape index (κ2) is 6.34. The van der Waals surface area contributed by atoms with Crippen molar-refractivity contribution in [3.63, 3.8) is 0 Å². The fraction of sp³-hybridized carbons (Fsp3) is 0.143. The Bertz CT molecular complexity index is 710. The highest BCUT2D eigenvalue weighted by Crippen LogP contribution is 2.31. The van der Waals surface area contributed by atoms with Gasteiger partial charge >= 0.3 is 5.69 Å². The van der Waals surface area contributed by atoms with Gasteiger partial charge in [-0.25, -0.2) is 4.98 Å². The highest BCUT2D eigenvalue weighted by molar-refractivity contribution is 5.50. The van der Waals surface area contributed by atoms with Crippen molar-refractivity contribution in [2.24, 2.45) is 0 Å². The highest BCUT2D eigenvalue weighted by Gasteiger charge is 2.15. The summed E-state index contributed by atoms with van der Waals surface area (Å²) in [4.78, 5) is 14.2. The van der Waals surface area contributed by atoms with Gasteiger partial charge in [0.1, 0.15) is 24.1 Å². The Hall–Kier alpha value is -3.14. The van der Waals surface area contributed by atoms with Gasteiger partial charge in [0.05, 0.1) is 18.1 Å². The number of aromatic nitrogens is 1. The van der Waals surface area contributed by atoms with Crippen LogP contribution in [0.3, 0.4) is 0 Å². The lowest BCUT2D eigenvalue weighted by molar-refractivity contribution is -0.385. The minimum Gasteiger partial charge on any atom is -0.490 e. The number of rotatable bonds is 5. The molecule has 0 spiro atoms. The summed E-state index contributed by atoms with van der Waals surface area (Å²) in [7, 11) is 1.36. The van der Waals surface area contributed by atoms with Crippen molar-refractivity contribution in [3.8, 4) is 17.6 Å². The Labute approximate surface area is 120 Å². The van der Waals surface area contributed by atoms with Gasteiger partial charge in [0.15, 0.2) is 5.75 Å². The van der Waals surface area contributed by atoms with Gasteiger partial charge in [-0.3, -0.25) is 10.1 Å². The van der Waals surface area contributed by atoms with Crippen molar-refractivity contribution >= 4 is 5.69 Å². The standard InChI is InChI=1S/C14H11N3O4/c1-20-14-3-2-12(7-13(14)17(18)19)21-9-10-4-5-16-11(6-10)8-15/h2-7H,9H2,1H3. The predicted molar refractivity (Wildman–Crippen MR) is 72.9 cm³/mol. The quantitative estimate of drug-likeness (QED) is 0.618. The predicted octanol–water partition coefficient (Wildman–Crippen LogP) is 2.45. The number of benzene rings is 1. The summed E-state index contributed by atoms with van der Waals surface area (Å²) in [5.74, 6) is 0.515. The fourth-order valence-electron chi connectivity index (χ4n) is 1.69. The minimum absolute atomic E-state index is 0.164. The van der Waals surface area contributed by atoms with Crippen LogP contribution in [-0.4, -0.2) is 17.0 Å². The van der Waals surface area contributed by atoms with Crippen molar-refractivity contribution in [3.05, 3.63) is 57.9 Å². The minimum atomic E-state index is -0.536. The molecule has 1 heterocycles. The molecule has 0 aliphatic rings. The molecule has 0 aliphatic carbocycles. The van der Waals surface area contributed by atoms with Crippen LogP contribution in [0.1, 0.15) is 11.3 Å². The van der Waals surface area contributed by atoms with Gasteiger partial charge in [-0.2, -0.15) is 5.26 Å². The summed E-state index contributed by atoms with van der Waals surface area (Å²) in [6, 6.07) is 9.59. The van der Waals surface area contributed by atoms with Crippen LogP contribution in [0.25, 0.3) is 0 Å². The van der Waals surface area contributed by atoms with Gasteiger partial charge in [0, 0.05) is 6.20 Å². The van der Waals surface area contributed by atoms with E-state index in [1.54, 1.807) is 18.2 Å². The van der Waals surface area contributed by atoms with Crippen molar-refractivity contribution < 1.29 is 14.4 Å². The maximum Gasteiger partial charge on any atom is 0.314 e. The lowest BCUT2D eigenvalue weighted by atomic mass is 10.2. The maximum atomic E-state index is 10.9. The van der Waals surface area contributed by atoms with Crippen LogP contribution < -0.4 is 9.47 Å². The summed E-state index contributed by atoms with van der Waals surface area (Å²) < 4.78 is 10.4. The zero-order chi connectivity index (χ0) is 15.2. The van der Waals surface area contributed by atoms with Crippen LogP contribution in [0.5, 0.6) is 11.5 Å². The van der Waals surface area contributed by atoms with E-state index in [1.807, 2.05) is 6.07 Å². The molecule has 7 nitrogen and oxygen atoms in total. The number of nitro benzene ring substituents is 1. The van der Waals surface area contributed by atoms with Crippen LogP contribution in [0.2, 0.25) is 0 Å². The molecule has 1 aromatic heterocycles. The molecule has 21 heavy (non-hydrogen) atoms. The third-order valence-corrected chi connectivity index (χ3v) is 2.69. The molecule has 0 amide bonds. The Morgan fingerprint density at radius 3 is 2.86 bits per heavy atom. The van der Waals surface area contributed by atoms with E-state index in [0.29, 0.717) is 5.75 Å². The summed E-state index contributed by atoms with van der Waals surface area (Å²) in [5, 5.41) is 19.7. The largest absolute Gasteiger partial charge is 0.490 e. The lowest BCUT2D eigenvalue weighted by Gasteiger charge is -2.08. The smallest absolute Gasteiger partial charge is 0.314 e. The molecule has 2 rings (SSSR count). The maximum absolute atomic E-state index is 10.9. The van der Waals surface area contributed by atoms with E-state index in [0.717, 1.165) is 5.56 Å². The first-order chi connectivity index (χ1) is 10.1. The molecule has 2 aromatic rings. The summed E-state index contributed by atoms with van der Waals surface area (Å²) >= 11 is 0. The summed E-state index contributed by atoms with van der Waals surface area (Å²) in [6.45, 7) is 0.181. The number of nitrogens with zero attached hydrogens (tertiary/aromatic N) is 3. The van der Waals surface area contributed by atoms with E-state index >= 15 is 0 Å². The third-order valence-electron chi connectivity index (χ3n) is 2.69. The van der Waals surface area contributed by atoms with Crippen LogP contribution >= 0.6 is 0 Å². The van der Waals surface area contributed by atoms with E-state index in [2.05, 4.69) is 4.98 Å². The summed E-state index contributed by atoms with van der Waals surface area (Å²) in [5.41, 5.74) is 0.874. The van der Waals surface area contributed by atoms with E-state index in [-0.39, 0.29) is 23.7 Å². The van der Waals surface area contributed by atoms with Crippen LogP contribution in [0, 0.1) is 21.4 Å². The second-order valence-electron chi connectivity index (χ2n) is 4.04. The van der Waals surface area contributed by atoms with E-state index in [9.17, 15) is 10.1 Å². The fourth-order valence-corrected chi connectivity index (χ4v) is 1.69. The van der Waals surface area contributed by atoms with E-state index in [1.165, 1.54) is 25.4 Å². The molecular formula is C14H11N3O4.